The van der Waals surface area contributed by atoms with Crippen molar-refractivity contribution in [2.45, 2.75) is 31.2 Å². The van der Waals surface area contributed by atoms with E-state index >= 15 is 0 Å². The monoisotopic (exact) mass is 544 g/mol. The molecule has 1 aromatic heterocycles. The Morgan fingerprint density at radius 1 is 0.974 bits per heavy atom. The lowest BCUT2D eigenvalue weighted by Crippen LogP contribution is -2.30. The number of ether oxygens (including phenoxy) is 1. The molecule has 4 aromatic rings. The van der Waals surface area contributed by atoms with Crippen molar-refractivity contribution >= 4 is 49.6 Å². The Bertz CT molecular complexity index is 1740. The number of urea groups is 1. The predicted octanol–water partition coefficient (Wildman–Crippen LogP) is 5.58. The number of benzene rings is 3. The van der Waals surface area contributed by atoms with Crippen LogP contribution in [-0.2, 0) is 20.0 Å². The highest BCUT2D eigenvalue weighted by molar-refractivity contribution is 7.92. The van der Waals surface area contributed by atoms with Gasteiger partial charge >= 0.3 is 6.03 Å². The molecule has 1 aliphatic heterocycles. The molecule has 0 unspecified atom stereocenters. The molecule has 1 aliphatic rings. The van der Waals surface area contributed by atoms with Crippen molar-refractivity contribution in [2.75, 3.05) is 28.8 Å². The molecule has 0 radical (unpaired) electrons. The molecule has 3 aromatic carbocycles. The van der Waals surface area contributed by atoms with Gasteiger partial charge in [-0.05, 0) is 46.2 Å². The van der Waals surface area contributed by atoms with Gasteiger partial charge in [0.25, 0.3) is 0 Å². The first-order chi connectivity index (χ1) is 18.5. The van der Waals surface area contributed by atoms with Crippen molar-refractivity contribution in [1.29, 1.82) is 0 Å². The maximum atomic E-state index is 13.1. The minimum Gasteiger partial charge on any atom is -0.495 e. The van der Waals surface area contributed by atoms with E-state index in [1.807, 2.05) is 48.5 Å². The van der Waals surface area contributed by atoms with Gasteiger partial charge in [0, 0.05) is 17.1 Å². The largest absolute Gasteiger partial charge is 0.495 e. The average Bonchev–Trinajstić information content (AvgIpc) is 2.87. The maximum absolute atomic E-state index is 13.1. The van der Waals surface area contributed by atoms with Gasteiger partial charge in [-0.1, -0.05) is 57.2 Å². The Morgan fingerprint density at radius 2 is 1.69 bits per heavy atom. The lowest BCUT2D eigenvalue weighted by atomic mass is 9.87. The molecule has 0 atom stereocenters. The quantitative estimate of drug-likeness (QED) is 0.308. The van der Waals surface area contributed by atoms with Gasteiger partial charge in [-0.25, -0.2) is 18.2 Å². The van der Waals surface area contributed by atoms with Crippen molar-refractivity contribution in [2.24, 2.45) is 0 Å². The van der Waals surface area contributed by atoms with Crippen LogP contribution in [0.5, 0.6) is 5.75 Å². The van der Waals surface area contributed by atoms with Crippen molar-refractivity contribution in [1.82, 2.24) is 4.98 Å². The van der Waals surface area contributed by atoms with Gasteiger partial charge in [-0.3, -0.25) is 4.79 Å². The number of hydrogen-bond donors (Lipinski definition) is 3. The lowest BCUT2D eigenvalue weighted by Gasteiger charge is -2.21. The molecule has 2 heterocycles. The number of fused-ring (bicyclic) bond motifs is 2. The molecule has 9 nitrogen and oxygen atoms in total. The summed E-state index contributed by atoms with van der Waals surface area (Å²) in [5, 5.41) is 9.87. The van der Waals surface area contributed by atoms with Crippen LogP contribution in [0.4, 0.5) is 21.9 Å². The van der Waals surface area contributed by atoms with Gasteiger partial charge in [0.15, 0.2) is 5.03 Å². The molecule has 0 saturated heterocycles. The molecule has 10 heteroatoms. The minimum atomic E-state index is -3.78. The van der Waals surface area contributed by atoms with Crippen molar-refractivity contribution in [3.05, 3.63) is 72.4 Å². The molecule has 3 N–H and O–H groups in total. The van der Waals surface area contributed by atoms with Crippen LogP contribution in [0.1, 0.15) is 26.3 Å². The number of methoxy groups -OCH3 is 1. The van der Waals surface area contributed by atoms with E-state index in [1.165, 1.54) is 6.20 Å². The second-order valence-electron chi connectivity index (χ2n) is 10.3. The van der Waals surface area contributed by atoms with E-state index in [1.54, 1.807) is 19.2 Å². The summed E-state index contributed by atoms with van der Waals surface area (Å²) in [6.45, 7) is 6.28. The molecule has 0 bridgehead atoms. The third kappa shape index (κ3) is 5.15. The number of amides is 3. The highest BCUT2D eigenvalue weighted by Crippen LogP contribution is 2.36. The number of rotatable bonds is 4. The van der Waals surface area contributed by atoms with Gasteiger partial charge in [-0.2, -0.15) is 0 Å². The second-order valence-corrected chi connectivity index (χ2v) is 12.2. The Balaban J connectivity index is 1.48. The summed E-state index contributed by atoms with van der Waals surface area (Å²) < 4.78 is 30.2. The first-order valence-corrected chi connectivity index (χ1v) is 13.9. The summed E-state index contributed by atoms with van der Waals surface area (Å²) in [5.41, 5.74) is 3.63. The first kappa shape index (κ1) is 26.2. The zero-order valence-corrected chi connectivity index (χ0v) is 22.8. The van der Waals surface area contributed by atoms with Crippen molar-refractivity contribution in [3.63, 3.8) is 0 Å². The van der Waals surface area contributed by atoms with Gasteiger partial charge in [0.1, 0.15) is 11.5 Å². The Kier molecular flexibility index (Phi) is 6.51. The van der Waals surface area contributed by atoms with Crippen molar-refractivity contribution < 1.29 is 22.7 Å². The van der Waals surface area contributed by atoms with Crippen LogP contribution < -0.4 is 20.7 Å². The van der Waals surface area contributed by atoms with Crippen LogP contribution in [0, 0.1) is 0 Å². The van der Waals surface area contributed by atoms with Gasteiger partial charge in [-0.15, -0.1) is 0 Å². The number of nitrogens with zero attached hydrogens (tertiary/aromatic N) is 1. The number of sulfone groups is 1. The van der Waals surface area contributed by atoms with Crippen LogP contribution in [0.2, 0.25) is 0 Å². The molecule has 0 fully saturated rings. The normalized spacial score (nSPS) is 14.3. The average molecular weight is 545 g/mol. The van der Waals surface area contributed by atoms with Gasteiger partial charge in [0.05, 0.1) is 24.2 Å². The number of carbonyl (C=O) groups is 2. The predicted molar refractivity (Wildman–Crippen MR) is 152 cm³/mol. The van der Waals surface area contributed by atoms with Crippen LogP contribution >= 0.6 is 0 Å². The molecule has 0 saturated carbocycles. The number of pyridine rings is 1. The van der Waals surface area contributed by atoms with Gasteiger partial charge in [0.2, 0.25) is 15.7 Å². The fourth-order valence-electron chi connectivity index (χ4n) is 4.57. The number of nitrogens with one attached hydrogen (secondary N) is 3. The van der Waals surface area contributed by atoms with E-state index in [4.69, 9.17) is 4.74 Å². The summed E-state index contributed by atoms with van der Waals surface area (Å²) in [4.78, 5) is 29.1. The highest BCUT2D eigenvalue weighted by atomic mass is 32.2. The molecule has 5 rings (SSSR count). The van der Waals surface area contributed by atoms with E-state index < -0.39 is 27.5 Å². The van der Waals surface area contributed by atoms with E-state index in [9.17, 15) is 18.0 Å². The molecule has 39 heavy (non-hydrogen) atoms. The highest BCUT2D eigenvalue weighted by Gasteiger charge is 2.30. The summed E-state index contributed by atoms with van der Waals surface area (Å²) in [5.74, 6) is -0.668. The Morgan fingerprint density at radius 3 is 2.41 bits per heavy atom. The lowest BCUT2D eigenvalue weighted by molar-refractivity contribution is -0.114. The number of aromatic nitrogens is 1. The van der Waals surface area contributed by atoms with Crippen LogP contribution in [0.3, 0.4) is 0 Å². The molecule has 0 spiro atoms. The summed E-state index contributed by atoms with van der Waals surface area (Å²) >= 11 is 0. The second kappa shape index (κ2) is 9.70. The Hall–Kier alpha value is -4.44. The maximum Gasteiger partial charge on any atom is 0.323 e. The first-order valence-electron chi connectivity index (χ1n) is 12.3. The number of hydrogen-bond acceptors (Lipinski definition) is 6. The third-order valence-electron chi connectivity index (χ3n) is 6.54. The van der Waals surface area contributed by atoms with E-state index in [-0.39, 0.29) is 16.1 Å². The van der Waals surface area contributed by atoms with E-state index in [0.29, 0.717) is 22.7 Å². The SMILES string of the molecule is COc1ccc(C(C)(C)C)cc1NC(=O)Nc1ccc(-c2cnc3c(c2)NC(=O)CS3(=O)=O)c2ccccc12. The zero-order valence-electron chi connectivity index (χ0n) is 22.0. The fourth-order valence-corrected chi connectivity index (χ4v) is 5.78. The fraction of sp³-hybridized carbons (Fsp3) is 0.207. The zero-order chi connectivity index (χ0) is 27.9. The smallest absolute Gasteiger partial charge is 0.323 e. The molecule has 3 amide bonds. The standard InChI is InChI=1S/C29H28N4O5S/c1-29(2,3)18-9-12-25(38-4)23(14-18)33-28(35)32-22-11-10-19(20-7-5-6-8-21(20)22)17-13-24-27(30-15-17)39(36,37)16-26(34)31-24/h5-15H,16H2,1-4H3,(H,31,34)(H2,32,33,35). The number of anilines is 3. The van der Waals surface area contributed by atoms with Crippen LogP contribution in [0.25, 0.3) is 21.9 Å². The van der Waals surface area contributed by atoms with Gasteiger partial charge < -0.3 is 20.7 Å². The van der Waals surface area contributed by atoms with Crippen LogP contribution in [0.15, 0.2) is 71.9 Å². The summed E-state index contributed by atoms with van der Waals surface area (Å²) in [7, 11) is -2.23. The minimum absolute atomic E-state index is 0.107. The summed E-state index contributed by atoms with van der Waals surface area (Å²) in [6.07, 6.45) is 1.48. The number of carbonyl (C=O) groups excluding carboxylic acids is 2. The molecular formula is C29H28N4O5S. The topological polar surface area (TPSA) is 126 Å². The van der Waals surface area contributed by atoms with Crippen LogP contribution in [-0.4, -0.2) is 38.2 Å². The summed E-state index contributed by atoms with van der Waals surface area (Å²) in [6, 6.07) is 18.0. The molecular weight excluding hydrogens is 516 g/mol. The van der Waals surface area contributed by atoms with E-state index in [2.05, 4.69) is 41.7 Å². The Labute approximate surface area is 226 Å². The molecule has 200 valence electrons. The molecule has 0 aliphatic carbocycles. The van der Waals surface area contributed by atoms with E-state index in [0.717, 1.165) is 21.9 Å². The third-order valence-corrected chi connectivity index (χ3v) is 8.09. The van der Waals surface area contributed by atoms with Crippen molar-refractivity contribution in [3.8, 4) is 16.9 Å².